The zero-order valence-corrected chi connectivity index (χ0v) is 77.2. The molecular formula is C127H95N9O3. The van der Waals surface area contributed by atoms with Crippen molar-refractivity contribution >= 4 is 163 Å². The third kappa shape index (κ3) is 23.2. The molecule has 6 heterocycles. The number of nitrogens with zero attached hydrogens (tertiary/aromatic N) is 9. The van der Waals surface area contributed by atoms with E-state index in [0.29, 0.717) is 66.6 Å². The Balaban J connectivity index is 0.000000115. The van der Waals surface area contributed by atoms with Gasteiger partial charge in [-0.25, -0.2) is 24.6 Å². The highest BCUT2D eigenvalue weighted by Gasteiger charge is 2.20. The average Bonchev–Trinajstić information content (AvgIpc) is 1.56. The van der Waals surface area contributed by atoms with Gasteiger partial charge in [-0.3, -0.25) is 27.6 Å². The molecule has 0 saturated carbocycles. The number of benzene rings is 19. The predicted octanol–water partition coefficient (Wildman–Crippen LogP) is 31.3. The molecule has 0 radical (unpaired) electrons. The Morgan fingerprint density at radius 1 is 0.245 bits per heavy atom. The summed E-state index contributed by atoms with van der Waals surface area (Å²) in [6, 6.07) is 156. The Labute approximate surface area is 806 Å². The molecule has 0 bridgehead atoms. The number of imidazole rings is 3. The van der Waals surface area contributed by atoms with Gasteiger partial charge >= 0.3 is 0 Å². The van der Waals surface area contributed by atoms with Crippen LogP contribution in [0.25, 0.3) is 161 Å². The molecular weight excluding hydrogens is 1700 g/mol. The van der Waals surface area contributed by atoms with Gasteiger partial charge in [-0.1, -0.05) is 465 Å². The number of hydrogen-bond acceptors (Lipinski definition) is 7. The normalized spacial score (nSPS) is 10.7. The van der Waals surface area contributed by atoms with Crippen molar-refractivity contribution in [3.8, 4) is 6.07 Å². The smallest absolute Gasteiger partial charge is 0.264 e. The van der Waals surface area contributed by atoms with E-state index in [1.165, 1.54) is 55.6 Å². The van der Waals surface area contributed by atoms with E-state index >= 15 is 0 Å². The second-order valence-electron chi connectivity index (χ2n) is 32.8. The molecule has 0 atom stereocenters. The van der Waals surface area contributed by atoms with Crippen LogP contribution in [0, 0.1) is 52.2 Å². The first-order valence-corrected chi connectivity index (χ1v) is 45.6. The van der Waals surface area contributed by atoms with Crippen LogP contribution in [-0.2, 0) is 0 Å². The molecule has 0 fully saturated rings. The first kappa shape index (κ1) is 93.3. The maximum absolute atomic E-state index is 13.0. The maximum Gasteiger partial charge on any atom is 0.264 e. The number of pyridine rings is 3. The Morgan fingerprint density at radius 2 is 0.475 bits per heavy atom. The summed E-state index contributed by atoms with van der Waals surface area (Å²) in [7, 11) is 0. The van der Waals surface area contributed by atoms with Crippen LogP contribution in [0.1, 0.15) is 61.2 Å². The largest absolute Gasteiger partial charge is 0.268 e. The topological polar surface area (TPSA) is 136 Å². The summed E-state index contributed by atoms with van der Waals surface area (Å²) in [6.07, 6.45) is 12.7. The number of aromatic nitrogens is 6. The number of fused-ring (bicyclic) bond motifs is 12. The van der Waals surface area contributed by atoms with E-state index in [9.17, 15) is 14.4 Å². The summed E-state index contributed by atoms with van der Waals surface area (Å²) in [5.41, 5.74) is 20.1. The molecule has 12 nitrogen and oxygen atoms in total. The predicted molar refractivity (Wildman–Crippen MR) is 583 cm³/mol. The van der Waals surface area contributed by atoms with Crippen molar-refractivity contribution in [3.05, 3.63) is 582 Å². The van der Waals surface area contributed by atoms with Gasteiger partial charge in [0, 0.05) is 48.5 Å². The molecule has 0 unspecified atom stereocenters. The van der Waals surface area contributed by atoms with Gasteiger partial charge in [-0.05, 0) is 138 Å². The molecule has 25 aromatic rings. The molecule has 0 aliphatic carbocycles. The number of rotatable bonds is 6. The SMILES string of the molecule is C(=C/c1ccccc1)/c1ccccc1.C(=C/c1ccccc1)/c1ccccc1.C(=C/c1ccccc1)/c1ccccc1.Cc1ccccc1.Cc1ccccc1.Cc1ccccc1.Cc1ccccc1.N#Cc1ccc2c(c1)nc1c3cccc4cccc(c(=O)n21)c43.[C-]#[N+]c1ccc2nc3c4cccc5cccc(c(=O)n3c2c1)c54.[C-]#[N+]c1ccc2nc3c4cccc5cccc(c(=O)n3c2c1)c54. The van der Waals surface area contributed by atoms with E-state index in [1.54, 1.807) is 67.8 Å². The minimum Gasteiger partial charge on any atom is -0.268 e. The molecule has 0 N–H and O–H groups in total. The van der Waals surface area contributed by atoms with Crippen LogP contribution in [0.15, 0.2) is 481 Å². The van der Waals surface area contributed by atoms with Gasteiger partial charge in [0.2, 0.25) is 0 Å². The summed E-state index contributed by atoms with van der Waals surface area (Å²) in [6.45, 7) is 22.7. The summed E-state index contributed by atoms with van der Waals surface area (Å²) in [5, 5.41) is 19.9. The van der Waals surface area contributed by atoms with Gasteiger partial charge in [0.1, 0.15) is 16.9 Å². The lowest BCUT2D eigenvalue weighted by atomic mass is 10.0. The fourth-order valence-electron chi connectivity index (χ4n) is 16.2. The second-order valence-corrected chi connectivity index (χ2v) is 32.8. The Kier molecular flexibility index (Phi) is 30.8. The zero-order chi connectivity index (χ0) is 96.0. The first-order chi connectivity index (χ1) is 68.2. The third-order valence-electron chi connectivity index (χ3n) is 23.0. The molecule has 139 heavy (non-hydrogen) atoms. The molecule has 0 aliphatic heterocycles. The van der Waals surface area contributed by atoms with Crippen molar-refractivity contribution < 1.29 is 0 Å². The number of nitriles is 1. The highest BCUT2D eigenvalue weighted by molar-refractivity contribution is 6.18. The van der Waals surface area contributed by atoms with Crippen molar-refractivity contribution in [1.29, 1.82) is 5.26 Å². The van der Waals surface area contributed by atoms with Gasteiger partial charge in [-0.15, -0.1) is 0 Å². The van der Waals surface area contributed by atoms with Crippen LogP contribution in [0.4, 0.5) is 11.4 Å². The van der Waals surface area contributed by atoms with E-state index in [-0.39, 0.29) is 16.7 Å². The summed E-state index contributed by atoms with van der Waals surface area (Å²) in [5.74, 6) is 0. The van der Waals surface area contributed by atoms with Crippen LogP contribution >= 0.6 is 0 Å². The maximum atomic E-state index is 13.0. The Bertz CT molecular complexity index is 8080. The molecule has 0 aliphatic rings. The fourth-order valence-corrected chi connectivity index (χ4v) is 16.2. The van der Waals surface area contributed by atoms with Gasteiger partial charge in [0.05, 0.1) is 57.9 Å². The van der Waals surface area contributed by atoms with Gasteiger partial charge < -0.3 is 0 Å². The summed E-state index contributed by atoms with van der Waals surface area (Å²) < 4.78 is 4.90. The lowest BCUT2D eigenvalue weighted by Gasteiger charge is -2.06. The van der Waals surface area contributed by atoms with E-state index in [0.717, 1.165) is 65.0 Å². The minimum absolute atomic E-state index is 0.0727. The van der Waals surface area contributed by atoms with Gasteiger partial charge in [0.25, 0.3) is 16.7 Å². The number of aryl methyl sites for hydroxylation is 4. The zero-order valence-electron chi connectivity index (χ0n) is 77.2. The third-order valence-corrected chi connectivity index (χ3v) is 23.0. The molecule has 19 aromatic carbocycles. The molecule has 6 aromatic heterocycles. The Morgan fingerprint density at radius 3 is 0.705 bits per heavy atom. The standard InChI is InChI=1S/3C19H9N3O.3C14H12.4C7H8/c2*1-20-12-8-9-15-16(10-12)22-18(21-15)13-6-2-4-11-5-3-7-14(17(11)13)19(22)23;20-10-11-7-8-16-15(9-11)21-18-13-5-1-3-12-4-2-6-14(17(12)13)19(23)22(16)18;3*1-3-7-13(8-4-1)11-12-14-9-5-2-6-10-14;4*1-7-5-3-2-4-6-7/h2*2-10H;1-9H;3*1-12H;4*2-6H,1H3/b;;;3*12-11-;;;;. The van der Waals surface area contributed by atoms with Crippen LogP contribution in [0.5, 0.6) is 0 Å². The van der Waals surface area contributed by atoms with E-state index in [4.69, 9.17) is 18.4 Å². The van der Waals surface area contributed by atoms with Crippen molar-refractivity contribution in [2.45, 2.75) is 27.7 Å². The molecule has 25 rings (SSSR count). The summed E-state index contributed by atoms with van der Waals surface area (Å²) in [4.78, 5) is 59.8. The second kappa shape index (κ2) is 45.9. The lowest BCUT2D eigenvalue weighted by Crippen LogP contribution is -2.13. The van der Waals surface area contributed by atoms with Crippen LogP contribution < -0.4 is 16.7 Å². The van der Waals surface area contributed by atoms with Crippen molar-refractivity contribution in [2.24, 2.45) is 0 Å². The van der Waals surface area contributed by atoms with Crippen molar-refractivity contribution in [2.75, 3.05) is 0 Å². The van der Waals surface area contributed by atoms with E-state index in [1.807, 2.05) is 291 Å². The summed E-state index contributed by atoms with van der Waals surface area (Å²) >= 11 is 0. The average molecular weight is 1800 g/mol. The van der Waals surface area contributed by atoms with E-state index in [2.05, 4.69) is 216 Å². The molecule has 0 spiro atoms. The van der Waals surface area contributed by atoms with Crippen molar-refractivity contribution in [3.63, 3.8) is 0 Å². The Hall–Kier alpha value is -18.9. The van der Waals surface area contributed by atoms with E-state index < -0.39 is 0 Å². The van der Waals surface area contributed by atoms with Crippen LogP contribution in [0.2, 0.25) is 0 Å². The van der Waals surface area contributed by atoms with Crippen LogP contribution in [0.3, 0.4) is 0 Å². The minimum atomic E-state index is -0.0890. The quantitative estimate of drug-likeness (QED) is 0.119. The highest BCUT2D eigenvalue weighted by Crippen LogP contribution is 2.35. The first-order valence-electron chi connectivity index (χ1n) is 45.6. The molecule has 0 saturated heterocycles. The molecule has 12 heteroatoms. The van der Waals surface area contributed by atoms with Gasteiger partial charge in [0.15, 0.2) is 11.4 Å². The monoisotopic (exact) mass is 1790 g/mol. The number of hydrogen-bond donors (Lipinski definition) is 0. The molecule has 666 valence electrons. The molecule has 0 amide bonds. The fraction of sp³-hybridized carbons (Fsp3) is 0.0315. The van der Waals surface area contributed by atoms with Crippen LogP contribution in [-0.4, -0.2) is 28.2 Å². The lowest BCUT2D eigenvalue weighted by molar-refractivity contribution is 1.19. The van der Waals surface area contributed by atoms with Crippen molar-refractivity contribution in [1.82, 2.24) is 28.2 Å². The van der Waals surface area contributed by atoms with Gasteiger partial charge in [-0.2, -0.15) is 5.26 Å². The highest BCUT2D eigenvalue weighted by atomic mass is 16.1.